The highest BCUT2D eigenvalue weighted by Crippen LogP contribution is 2.25. The van der Waals surface area contributed by atoms with Crippen LogP contribution < -0.4 is 10.6 Å². The Hall–Kier alpha value is -1.16. The van der Waals surface area contributed by atoms with E-state index in [-0.39, 0.29) is 18.0 Å². The second-order valence-electron chi connectivity index (χ2n) is 4.95. The van der Waals surface area contributed by atoms with Crippen LogP contribution in [0.3, 0.4) is 0 Å². The van der Waals surface area contributed by atoms with Gasteiger partial charge >= 0.3 is 0 Å². The van der Waals surface area contributed by atoms with Crippen molar-refractivity contribution in [2.75, 3.05) is 16.8 Å². The van der Waals surface area contributed by atoms with Crippen LogP contribution in [0.15, 0.2) is 24.3 Å². The highest BCUT2D eigenvalue weighted by molar-refractivity contribution is 7.99. The van der Waals surface area contributed by atoms with E-state index >= 15 is 0 Å². The number of rotatable bonds is 6. The fraction of sp³-hybridized carbons (Fsp3) is 0.533. The van der Waals surface area contributed by atoms with Gasteiger partial charge in [0, 0.05) is 18.2 Å². The molecule has 0 radical (unpaired) electrons. The van der Waals surface area contributed by atoms with Crippen LogP contribution in [-0.2, 0) is 11.2 Å². The first kappa shape index (κ1) is 14.3. The number of hydrogen-bond donors (Lipinski definition) is 2. The lowest BCUT2D eigenvalue weighted by Gasteiger charge is -2.17. The van der Waals surface area contributed by atoms with Gasteiger partial charge in [-0.05, 0) is 36.5 Å². The summed E-state index contributed by atoms with van der Waals surface area (Å²) in [5.41, 5.74) is 2.33. The molecule has 1 aliphatic rings. The van der Waals surface area contributed by atoms with Crippen LogP contribution in [-0.4, -0.2) is 29.5 Å². The number of thioether (sulfide) groups is 1. The molecule has 0 spiro atoms. The van der Waals surface area contributed by atoms with Gasteiger partial charge in [0.05, 0.1) is 0 Å². The molecule has 0 aliphatic carbocycles. The van der Waals surface area contributed by atoms with Gasteiger partial charge in [-0.25, -0.2) is 0 Å². The Morgan fingerprint density at radius 1 is 1.53 bits per heavy atom. The van der Waals surface area contributed by atoms with Crippen LogP contribution in [0, 0.1) is 0 Å². The van der Waals surface area contributed by atoms with Gasteiger partial charge in [-0.2, -0.15) is 11.8 Å². The summed E-state index contributed by atoms with van der Waals surface area (Å²) in [7, 11) is 0. The third-order valence-corrected chi connectivity index (χ3v) is 4.31. The molecule has 2 unspecified atom stereocenters. The summed E-state index contributed by atoms with van der Waals surface area (Å²) in [6, 6.07) is 8.26. The standard InChI is InChI=1S/C15H22N2OS/c1-3-19-9-8-11(2)16-15(18)14-10-12-6-4-5-7-13(12)17-14/h4-7,11,14,17H,3,8-10H2,1-2H3,(H,16,18). The molecule has 2 atom stereocenters. The van der Waals surface area contributed by atoms with Gasteiger partial charge in [-0.1, -0.05) is 25.1 Å². The molecular formula is C15H22N2OS. The van der Waals surface area contributed by atoms with Gasteiger partial charge in [0.15, 0.2) is 0 Å². The molecule has 104 valence electrons. The number of benzene rings is 1. The number of para-hydroxylation sites is 1. The molecule has 1 heterocycles. The van der Waals surface area contributed by atoms with E-state index in [1.54, 1.807) is 0 Å². The Morgan fingerprint density at radius 3 is 3.05 bits per heavy atom. The molecule has 1 aromatic carbocycles. The maximum atomic E-state index is 12.2. The lowest BCUT2D eigenvalue weighted by molar-refractivity contribution is -0.122. The van der Waals surface area contributed by atoms with E-state index in [4.69, 9.17) is 0 Å². The van der Waals surface area contributed by atoms with Crippen molar-refractivity contribution in [1.82, 2.24) is 5.32 Å². The number of nitrogens with one attached hydrogen (secondary N) is 2. The average Bonchev–Trinajstić information content (AvgIpc) is 2.83. The largest absolute Gasteiger partial charge is 0.373 e. The van der Waals surface area contributed by atoms with Crippen molar-refractivity contribution in [1.29, 1.82) is 0 Å². The minimum atomic E-state index is -0.112. The predicted octanol–water partition coefficient (Wildman–Crippen LogP) is 2.67. The Morgan fingerprint density at radius 2 is 2.32 bits per heavy atom. The van der Waals surface area contributed by atoms with Gasteiger partial charge in [-0.15, -0.1) is 0 Å². The first-order valence-electron chi connectivity index (χ1n) is 6.93. The molecule has 2 rings (SSSR count). The van der Waals surface area contributed by atoms with E-state index in [0.29, 0.717) is 0 Å². The summed E-state index contributed by atoms with van der Waals surface area (Å²) >= 11 is 1.92. The SMILES string of the molecule is CCSCCC(C)NC(=O)C1Cc2ccccc2N1. The summed E-state index contributed by atoms with van der Waals surface area (Å²) in [6.07, 6.45) is 1.82. The molecule has 0 saturated carbocycles. The average molecular weight is 278 g/mol. The third-order valence-electron chi connectivity index (χ3n) is 3.38. The molecule has 0 bridgehead atoms. The van der Waals surface area contributed by atoms with Crippen LogP contribution in [0.1, 0.15) is 25.8 Å². The number of hydrogen-bond acceptors (Lipinski definition) is 3. The van der Waals surface area contributed by atoms with E-state index in [1.165, 1.54) is 5.56 Å². The fourth-order valence-electron chi connectivity index (χ4n) is 2.28. The Balaban J connectivity index is 1.79. The molecule has 3 nitrogen and oxygen atoms in total. The van der Waals surface area contributed by atoms with E-state index in [1.807, 2.05) is 30.0 Å². The molecule has 1 aliphatic heterocycles. The van der Waals surface area contributed by atoms with E-state index < -0.39 is 0 Å². The summed E-state index contributed by atoms with van der Waals surface area (Å²) in [5.74, 6) is 2.36. The second-order valence-corrected chi connectivity index (χ2v) is 6.35. The van der Waals surface area contributed by atoms with Crippen LogP contribution in [0.2, 0.25) is 0 Å². The first-order valence-corrected chi connectivity index (χ1v) is 8.08. The lowest BCUT2D eigenvalue weighted by Crippen LogP contribution is -2.43. The molecule has 1 amide bonds. The van der Waals surface area contributed by atoms with Crippen LogP contribution in [0.25, 0.3) is 0 Å². The molecule has 2 N–H and O–H groups in total. The molecule has 19 heavy (non-hydrogen) atoms. The molecule has 0 fully saturated rings. The van der Waals surface area contributed by atoms with Gasteiger partial charge in [0.25, 0.3) is 0 Å². The monoisotopic (exact) mass is 278 g/mol. The number of fused-ring (bicyclic) bond motifs is 1. The second kappa shape index (κ2) is 6.85. The summed E-state index contributed by atoms with van der Waals surface area (Å²) in [6.45, 7) is 4.24. The molecule has 4 heteroatoms. The Bertz CT molecular complexity index is 411. The molecular weight excluding hydrogens is 256 g/mol. The third kappa shape index (κ3) is 3.90. The highest BCUT2D eigenvalue weighted by atomic mass is 32.2. The molecule has 1 aromatic rings. The van der Waals surface area contributed by atoms with Crippen LogP contribution in [0.4, 0.5) is 5.69 Å². The normalized spacial score (nSPS) is 18.5. The summed E-state index contributed by atoms with van der Waals surface area (Å²) in [5, 5.41) is 6.39. The fourth-order valence-corrected chi connectivity index (χ4v) is 3.08. The van der Waals surface area contributed by atoms with E-state index in [0.717, 1.165) is 30.0 Å². The smallest absolute Gasteiger partial charge is 0.243 e. The van der Waals surface area contributed by atoms with Gasteiger partial charge in [0.2, 0.25) is 5.91 Å². The van der Waals surface area contributed by atoms with Crippen molar-refractivity contribution in [3.63, 3.8) is 0 Å². The van der Waals surface area contributed by atoms with Crippen molar-refractivity contribution < 1.29 is 4.79 Å². The summed E-state index contributed by atoms with van der Waals surface area (Å²) in [4.78, 5) is 12.2. The maximum Gasteiger partial charge on any atom is 0.243 e. The van der Waals surface area contributed by atoms with E-state index in [2.05, 4.69) is 30.5 Å². The quantitative estimate of drug-likeness (QED) is 0.786. The maximum absolute atomic E-state index is 12.2. The van der Waals surface area contributed by atoms with Gasteiger partial charge in [0.1, 0.15) is 6.04 Å². The zero-order chi connectivity index (χ0) is 13.7. The van der Waals surface area contributed by atoms with E-state index in [9.17, 15) is 4.79 Å². The Kier molecular flexibility index (Phi) is 5.14. The van der Waals surface area contributed by atoms with Crippen molar-refractivity contribution in [2.24, 2.45) is 0 Å². The zero-order valence-corrected chi connectivity index (χ0v) is 12.4. The lowest BCUT2D eigenvalue weighted by atomic mass is 10.1. The topological polar surface area (TPSA) is 41.1 Å². The number of carbonyl (C=O) groups is 1. The van der Waals surface area contributed by atoms with Crippen molar-refractivity contribution in [2.45, 2.75) is 38.8 Å². The van der Waals surface area contributed by atoms with Gasteiger partial charge in [-0.3, -0.25) is 4.79 Å². The number of carbonyl (C=O) groups excluding carboxylic acids is 1. The highest BCUT2D eigenvalue weighted by Gasteiger charge is 2.26. The van der Waals surface area contributed by atoms with Crippen molar-refractivity contribution in [3.8, 4) is 0 Å². The zero-order valence-electron chi connectivity index (χ0n) is 11.6. The minimum Gasteiger partial charge on any atom is -0.373 e. The van der Waals surface area contributed by atoms with Gasteiger partial charge < -0.3 is 10.6 Å². The predicted molar refractivity (Wildman–Crippen MR) is 82.8 cm³/mol. The number of anilines is 1. The van der Waals surface area contributed by atoms with Crippen molar-refractivity contribution >= 4 is 23.4 Å². The number of amides is 1. The van der Waals surface area contributed by atoms with Crippen molar-refractivity contribution in [3.05, 3.63) is 29.8 Å². The molecule has 0 saturated heterocycles. The van der Waals surface area contributed by atoms with Crippen LogP contribution in [0.5, 0.6) is 0 Å². The summed E-state index contributed by atoms with van der Waals surface area (Å²) < 4.78 is 0. The van der Waals surface area contributed by atoms with Crippen LogP contribution >= 0.6 is 11.8 Å². The minimum absolute atomic E-state index is 0.112. The Labute approximate surface area is 119 Å². The molecule has 0 aromatic heterocycles. The first-order chi connectivity index (χ1) is 9.20.